The van der Waals surface area contributed by atoms with Gasteiger partial charge in [-0.3, -0.25) is 4.79 Å². The van der Waals surface area contributed by atoms with Gasteiger partial charge < -0.3 is 19.8 Å². The van der Waals surface area contributed by atoms with Crippen LogP contribution in [-0.2, 0) is 0 Å². The van der Waals surface area contributed by atoms with Crippen LogP contribution in [0.15, 0.2) is 47.3 Å². The molecule has 0 bridgehead atoms. The lowest BCUT2D eigenvalue weighted by atomic mass is 10.2. The molecule has 0 fully saturated rings. The number of furan rings is 1. The Labute approximate surface area is 117 Å². The maximum absolute atomic E-state index is 12.5. The second-order valence-corrected chi connectivity index (χ2v) is 4.31. The van der Waals surface area contributed by atoms with Gasteiger partial charge in [-0.2, -0.15) is 0 Å². The van der Waals surface area contributed by atoms with E-state index < -0.39 is 0 Å². The summed E-state index contributed by atoms with van der Waals surface area (Å²) in [7, 11) is 1.60. The first-order valence-electron chi connectivity index (χ1n) is 6.44. The first-order valence-corrected chi connectivity index (χ1v) is 6.44. The maximum Gasteiger partial charge on any atom is 0.261 e. The smallest absolute Gasteiger partial charge is 0.261 e. The van der Waals surface area contributed by atoms with E-state index in [1.165, 1.54) is 12.5 Å². The van der Waals surface area contributed by atoms with Crippen LogP contribution in [-0.4, -0.2) is 26.1 Å². The van der Waals surface area contributed by atoms with Gasteiger partial charge in [0.2, 0.25) is 0 Å². The van der Waals surface area contributed by atoms with Crippen LogP contribution < -0.4 is 15.4 Å². The molecule has 1 aromatic heterocycles. The minimum Gasteiger partial charge on any atom is -0.497 e. The van der Waals surface area contributed by atoms with Crippen LogP contribution in [0.5, 0.6) is 5.75 Å². The van der Waals surface area contributed by atoms with Gasteiger partial charge in [0.05, 0.1) is 18.9 Å². The van der Waals surface area contributed by atoms with E-state index in [0.29, 0.717) is 24.4 Å². The summed E-state index contributed by atoms with van der Waals surface area (Å²) in [5.74, 6) is 0.598. The first-order chi connectivity index (χ1) is 9.76. The second kappa shape index (κ2) is 6.77. The molecule has 5 nitrogen and oxygen atoms in total. The van der Waals surface area contributed by atoms with Crippen LogP contribution in [0.25, 0.3) is 0 Å². The molecule has 1 amide bonds. The van der Waals surface area contributed by atoms with E-state index in [0.717, 1.165) is 12.1 Å². The highest BCUT2D eigenvalue weighted by atomic mass is 16.5. The number of carbonyl (C=O) groups excluding carboxylic acids is 1. The van der Waals surface area contributed by atoms with E-state index in [9.17, 15) is 4.79 Å². The number of amides is 1. The molecule has 0 saturated heterocycles. The molecule has 0 spiro atoms. The Morgan fingerprint density at radius 3 is 2.90 bits per heavy atom. The van der Waals surface area contributed by atoms with E-state index in [4.69, 9.17) is 14.9 Å². The Balaban J connectivity index is 2.28. The fraction of sp³-hybridized carbons (Fsp3) is 0.267. The number of hydrogen-bond acceptors (Lipinski definition) is 4. The topological polar surface area (TPSA) is 68.7 Å². The van der Waals surface area contributed by atoms with Crippen molar-refractivity contribution in [3.05, 3.63) is 48.4 Å². The summed E-state index contributed by atoms with van der Waals surface area (Å²) in [6.45, 7) is 1.08. The van der Waals surface area contributed by atoms with E-state index in [2.05, 4.69) is 0 Å². The molecule has 106 valence electrons. The fourth-order valence-electron chi connectivity index (χ4n) is 1.92. The van der Waals surface area contributed by atoms with Crippen molar-refractivity contribution >= 4 is 11.6 Å². The molecule has 0 aliphatic heterocycles. The lowest BCUT2D eigenvalue weighted by Gasteiger charge is -2.22. The van der Waals surface area contributed by atoms with Crippen LogP contribution in [0.2, 0.25) is 0 Å². The number of methoxy groups -OCH3 is 1. The number of benzene rings is 1. The largest absolute Gasteiger partial charge is 0.497 e. The van der Waals surface area contributed by atoms with Crippen molar-refractivity contribution in [2.75, 3.05) is 25.1 Å². The lowest BCUT2D eigenvalue weighted by Crippen LogP contribution is -2.32. The maximum atomic E-state index is 12.5. The third kappa shape index (κ3) is 3.19. The predicted molar refractivity (Wildman–Crippen MR) is 77.0 cm³/mol. The van der Waals surface area contributed by atoms with Gasteiger partial charge in [0.25, 0.3) is 5.91 Å². The molecule has 1 aromatic carbocycles. The van der Waals surface area contributed by atoms with Gasteiger partial charge in [-0.05, 0) is 31.2 Å². The molecule has 5 heteroatoms. The number of nitrogens with two attached hydrogens (primary N) is 1. The van der Waals surface area contributed by atoms with E-state index in [1.54, 1.807) is 18.1 Å². The van der Waals surface area contributed by atoms with Crippen molar-refractivity contribution < 1.29 is 13.9 Å². The zero-order valence-corrected chi connectivity index (χ0v) is 11.4. The van der Waals surface area contributed by atoms with Gasteiger partial charge >= 0.3 is 0 Å². The Morgan fingerprint density at radius 2 is 2.25 bits per heavy atom. The van der Waals surface area contributed by atoms with Crippen LogP contribution >= 0.6 is 0 Å². The van der Waals surface area contributed by atoms with Crippen molar-refractivity contribution in [2.24, 2.45) is 5.73 Å². The zero-order chi connectivity index (χ0) is 14.4. The minimum atomic E-state index is -0.111. The summed E-state index contributed by atoms with van der Waals surface area (Å²) < 4.78 is 10.2. The van der Waals surface area contributed by atoms with Crippen molar-refractivity contribution in [1.82, 2.24) is 0 Å². The first kappa shape index (κ1) is 14.1. The Morgan fingerprint density at radius 1 is 1.40 bits per heavy atom. The Bertz CT molecular complexity index is 552. The number of anilines is 1. The number of ether oxygens (including phenoxy) is 1. The number of nitrogens with zero attached hydrogens (tertiary/aromatic N) is 1. The highest BCUT2D eigenvalue weighted by Crippen LogP contribution is 2.23. The van der Waals surface area contributed by atoms with Crippen LogP contribution in [0.1, 0.15) is 16.8 Å². The van der Waals surface area contributed by atoms with Gasteiger partial charge in [0.15, 0.2) is 0 Å². The molecule has 0 radical (unpaired) electrons. The molecule has 0 atom stereocenters. The minimum absolute atomic E-state index is 0.111. The monoisotopic (exact) mass is 274 g/mol. The standard InChI is InChI=1S/C15H18N2O3/c1-19-14-5-2-4-13(10-14)17(8-3-7-16)15(18)12-6-9-20-11-12/h2,4-6,9-11H,3,7-8,16H2,1H3. The van der Waals surface area contributed by atoms with Crippen LogP contribution in [0.3, 0.4) is 0 Å². The van der Waals surface area contributed by atoms with Gasteiger partial charge in [-0.1, -0.05) is 6.07 Å². The Hall–Kier alpha value is -2.27. The summed E-state index contributed by atoms with van der Waals surface area (Å²) in [4.78, 5) is 14.2. The molecule has 1 heterocycles. The summed E-state index contributed by atoms with van der Waals surface area (Å²) in [6.07, 6.45) is 3.65. The molecule has 0 aliphatic carbocycles. The lowest BCUT2D eigenvalue weighted by molar-refractivity contribution is 0.0986. The normalized spacial score (nSPS) is 10.3. The van der Waals surface area contributed by atoms with E-state index in [-0.39, 0.29) is 5.91 Å². The molecule has 20 heavy (non-hydrogen) atoms. The number of hydrogen-bond donors (Lipinski definition) is 1. The molecular formula is C15H18N2O3. The summed E-state index contributed by atoms with van der Waals surface area (Å²) in [5.41, 5.74) is 6.85. The van der Waals surface area contributed by atoms with Gasteiger partial charge in [-0.15, -0.1) is 0 Å². The molecule has 0 unspecified atom stereocenters. The highest BCUT2D eigenvalue weighted by Gasteiger charge is 2.18. The summed E-state index contributed by atoms with van der Waals surface area (Å²) >= 11 is 0. The predicted octanol–water partition coefficient (Wildman–Crippen LogP) is 2.28. The number of carbonyl (C=O) groups is 1. The van der Waals surface area contributed by atoms with Crippen molar-refractivity contribution in [2.45, 2.75) is 6.42 Å². The molecular weight excluding hydrogens is 256 g/mol. The molecule has 2 N–H and O–H groups in total. The van der Waals surface area contributed by atoms with E-state index >= 15 is 0 Å². The molecule has 2 rings (SSSR count). The van der Waals surface area contributed by atoms with Gasteiger partial charge in [0.1, 0.15) is 12.0 Å². The quantitative estimate of drug-likeness (QED) is 0.877. The van der Waals surface area contributed by atoms with Gasteiger partial charge in [-0.25, -0.2) is 0 Å². The van der Waals surface area contributed by atoms with Crippen molar-refractivity contribution in [3.8, 4) is 5.75 Å². The third-order valence-electron chi connectivity index (χ3n) is 2.96. The van der Waals surface area contributed by atoms with Crippen molar-refractivity contribution in [1.29, 1.82) is 0 Å². The average Bonchev–Trinajstić information content (AvgIpc) is 3.02. The Kier molecular flexibility index (Phi) is 4.79. The van der Waals surface area contributed by atoms with Crippen LogP contribution in [0, 0.1) is 0 Å². The zero-order valence-electron chi connectivity index (χ0n) is 11.4. The molecule has 0 saturated carbocycles. The van der Waals surface area contributed by atoms with Crippen molar-refractivity contribution in [3.63, 3.8) is 0 Å². The second-order valence-electron chi connectivity index (χ2n) is 4.31. The average molecular weight is 274 g/mol. The molecule has 0 aliphatic rings. The van der Waals surface area contributed by atoms with E-state index in [1.807, 2.05) is 24.3 Å². The summed E-state index contributed by atoms with van der Waals surface area (Å²) in [6, 6.07) is 9.04. The summed E-state index contributed by atoms with van der Waals surface area (Å²) in [5, 5.41) is 0. The highest BCUT2D eigenvalue weighted by molar-refractivity contribution is 6.05. The van der Waals surface area contributed by atoms with Gasteiger partial charge in [0, 0.05) is 18.3 Å². The van der Waals surface area contributed by atoms with Crippen LogP contribution in [0.4, 0.5) is 5.69 Å². The third-order valence-corrected chi connectivity index (χ3v) is 2.96. The fourth-order valence-corrected chi connectivity index (χ4v) is 1.92. The number of rotatable bonds is 6. The SMILES string of the molecule is COc1cccc(N(CCCN)C(=O)c2ccoc2)c1. The molecule has 2 aromatic rings.